The van der Waals surface area contributed by atoms with Gasteiger partial charge in [-0.25, -0.2) is 0 Å². The first-order valence-corrected chi connectivity index (χ1v) is 5.86. The summed E-state index contributed by atoms with van der Waals surface area (Å²) in [6.45, 7) is 0.369. The molecule has 0 aliphatic heterocycles. The van der Waals surface area contributed by atoms with Crippen molar-refractivity contribution in [1.29, 1.82) is 0 Å². The lowest BCUT2D eigenvalue weighted by Gasteiger charge is -2.05. The normalized spacial score (nSPS) is 9.94. The van der Waals surface area contributed by atoms with E-state index in [4.69, 9.17) is 0 Å². The van der Waals surface area contributed by atoms with Crippen LogP contribution in [0.3, 0.4) is 0 Å². The third-order valence-corrected chi connectivity index (χ3v) is 2.87. The van der Waals surface area contributed by atoms with Gasteiger partial charge in [0, 0.05) is 10.7 Å². The second-order valence-corrected chi connectivity index (χ2v) is 4.23. The van der Waals surface area contributed by atoms with Crippen molar-refractivity contribution >= 4 is 21.8 Å². The van der Waals surface area contributed by atoms with Gasteiger partial charge in [-0.15, -0.1) is 0 Å². The van der Waals surface area contributed by atoms with Crippen LogP contribution in [0.1, 0.15) is 16.1 Å². The average molecular weight is 292 g/mol. The number of nitrogens with zero attached hydrogens (tertiary/aromatic N) is 2. The van der Waals surface area contributed by atoms with Gasteiger partial charge in [-0.1, -0.05) is 12.1 Å². The second-order valence-electron chi connectivity index (χ2n) is 3.38. The Morgan fingerprint density at radius 2 is 2.06 bits per heavy atom. The molecule has 1 amide bonds. The Kier molecular flexibility index (Phi) is 3.82. The van der Waals surface area contributed by atoms with Crippen molar-refractivity contribution in [3.63, 3.8) is 0 Å². The highest BCUT2D eigenvalue weighted by Crippen LogP contribution is 2.15. The molecular formula is C12H10BrN3O. The molecule has 0 bridgehead atoms. The molecule has 0 spiro atoms. The number of carbonyl (C=O) groups excluding carboxylic acids is 1. The minimum absolute atomic E-state index is 0.136. The zero-order valence-corrected chi connectivity index (χ0v) is 10.5. The quantitative estimate of drug-likeness (QED) is 0.943. The fourth-order valence-electron chi connectivity index (χ4n) is 1.34. The topological polar surface area (TPSA) is 54.9 Å². The minimum atomic E-state index is -0.136. The number of benzene rings is 1. The van der Waals surface area contributed by atoms with Crippen molar-refractivity contribution in [2.45, 2.75) is 6.54 Å². The number of nitrogens with one attached hydrogen (secondary N) is 1. The van der Waals surface area contributed by atoms with E-state index in [0.29, 0.717) is 12.1 Å². The molecule has 2 rings (SSSR count). The van der Waals surface area contributed by atoms with Gasteiger partial charge in [-0.05, 0) is 40.2 Å². The summed E-state index contributed by atoms with van der Waals surface area (Å²) in [5.41, 5.74) is 1.34. The summed E-state index contributed by atoms with van der Waals surface area (Å²) < 4.78 is 0.775. The summed E-state index contributed by atoms with van der Waals surface area (Å²) >= 11 is 3.33. The van der Waals surface area contributed by atoms with Gasteiger partial charge >= 0.3 is 0 Å². The Morgan fingerprint density at radius 1 is 1.24 bits per heavy atom. The predicted octanol–water partition coefficient (Wildman–Crippen LogP) is 2.17. The summed E-state index contributed by atoms with van der Waals surface area (Å²) in [5, 5.41) is 10.4. The van der Waals surface area contributed by atoms with Crippen molar-refractivity contribution in [2.24, 2.45) is 0 Å². The van der Waals surface area contributed by atoms with E-state index in [1.807, 2.05) is 24.3 Å². The van der Waals surface area contributed by atoms with Crippen molar-refractivity contribution < 1.29 is 4.79 Å². The van der Waals surface area contributed by atoms with Crippen molar-refractivity contribution in [1.82, 2.24) is 15.5 Å². The average Bonchev–Trinajstić information content (AvgIpc) is 2.38. The lowest BCUT2D eigenvalue weighted by atomic mass is 10.2. The molecule has 17 heavy (non-hydrogen) atoms. The van der Waals surface area contributed by atoms with Crippen LogP contribution in [0, 0.1) is 0 Å². The molecule has 0 saturated heterocycles. The van der Waals surface area contributed by atoms with Gasteiger partial charge in [0.05, 0.1) is 17.8 Å². The minimum Gasteiger partial charge on any atom is -0.346 e. The van der Waals surface area contributed by atoms with E-state index in [-0.39, 0.29) is 5.91 Å². The Labute approximate surface area is 107 Å². The van der Waals surface area contributed by atoms with Crippen LogP contribution in [0.25, 0.3) is 0 Å². The molecule has 1 heterocycles. The number of hydrogen-bond acceptors (Lipinski definition) is 3. The van der Waals surface area contributed by atoms with Crippen LogP contribution >= 0.6 is 15.9 Å². The van der Waals surface area contributed by atoms with E-state index >= 15 is 0 Å². The standard InChI is InChI=1S/C12H10BrN3O/c13-11-6-2-1-5-10(11)12(17)14-8-9-4-3-7-15-16-9/h1-7H,8H2,(H,14,17). The highest BCUT2D eigenvalue weighted by molar-refractivity contribution is 9.10. The van der Waals surface area contributed by atoms with Crippen molar-refractivity contribution in [3.05, 3.63) is 58.3 Å². The summed E-state index contributed by atoms with van der Waals surface area (Å²) in [7, 11) is 0. The molecule has 0 unspecified atom stereocenters. The zero-order chi connectivity index (χ0) is 12.1. The van der Waals surface area contributed by atoms with Gasteiger partial charge in [0.1, 0.15) is 0 Å². The highest BCUT2D eigenvalue weighted by atomic mass is 79.9. The number of hydrogen-bond donors (Lipinski definition) is 1. The number of carbonyl (C=O) groups is 1. The number of amides is 1. The summed E-state index contributed by atoms with van der Waals surface area (Å²) in [5.74, 6) is -0.136. The maximum Gasteiger partial charge on any atom is 0.252 e. The summed E-state index contributed by atoms with van der Waals surface area (Å²) in [6.07, 6.45) is 1.60. The molecule has 86 valence electrons. The van der Waals surface area contributed by atoms with Crippen LogP contribution in [0.2, 0.25) is 0 Å². The Bertz CT molecular complexity index is 516. The van der Waals surface area contributed by atoms with Crippen LogP contribution in [0.5, 0.6) is 0 Å². The SMILES string of the molecule is O=C(NCc1cccnn1)c1ccccc1Br. The molecule has 0 atom stereocenters. The molecule has 0 aliphatic carbocycles. The summed E-state index contributed by atoms with van der Waals surface area (Å²) in [4.78, 5) is 11.8. The Hall–Kier alpha value is -1.75. The van der Waals surface area contributed by atoms with Crippen LogP contribution in [-0.2, 0) is 6.54 Å². The Morgan fingerprint density at radius 3 is 2.76 bits per heavy atom. The maximum atomic E-state index is 11.8. The van der Waals surface area contributed by atoms with E-state index in [2.05, 4.69) is 31.4 Å². The largest absolute Gasteiger partial charge is 0.346 e. The van der Waals surface area contributed by atoms with Crippen molar-refractivity contribution in [2.75, 3.05) is 0 Å². The molecule has 0 radical (unpaired) electrons. The Balaban J connectivity index is 2.01. The molecule has 1 aromatic heterocycles. The first-order chi connectivity index (χ1) is 8.27. The van der Waals surface area contributed by atoms with Gasteiger partial charge in [0.15, 0.2) is 0 Å². The van der Waals surface area contributed by atoms with E-state index in [0.717, 1.165) is 10.2 Å². The fraction of sp³-hybridized carbons (Fsp3) is 0.0833. The smallest absolute Gasteiger partial charge is 0.252 e. The second kappa shape index (κ2) is 5.54. The first kappa shape index (κ1) is 11.7. The molecule has 5 heteroatoms. The van der Waals surface area contributed by atoms with Gasteiger partial charge in [-0.3, -0.25) is 4.79 Å². The molecule has 0 aliphatic rings. The highest BCUT2D eigenvalue weighted by Gasteiger charge is 2.08. The third-order valence-electron chi connectivity index (χ3n) is 2.18. The van der Waals surface area contributed by atoms with Crippen LogP contribution in [0.4, 0.5) is 0 Å². The molecule has 0 saturated carbocycles. The van der Waals surface area contributed by atoms with Crippen LogP contribution in [0.15, 0.2) is 47.1 Å². The van der Waals surface area contributed by atoms with Gasteiger partial charge < -0.3 is 5.32 Å². The lowest BCUT2D eigenvalue weighted by Crippen LogP contribution is -2.23. The molecular weight excluding hydrogens is 282 g/mol. The van der Waals surface area contributed by atoms with Crippen LogP contribution in [-0.4, -0.2) is 16.1 Å². The first-order valence-electron chi connectivity index (χ1n) is 5.06. The number of aromatic nitrogens is 2. The third kappa shape index (κ3) is 3.10. The maximum absolute atomic E-state index is 11.8. The van der Waals surface area contributed by atoms with Gasteiger partial charge in [0.2, 0.25) is 0 Å². The van der Waals surface area contributed by atoms with E-state index < -0.39 is 0 Å². The predicted molar refractivity (Wildman–Crippen MR) is 67.3 cm³/mol. The number of halogens is 1. The summed E-state index contributed by atoms with van der Waals surface area (Å²) in [6, 6.07) is 10.9. The van der Waals surface area contributed by atoms with Crippen LogP contribution < -0.4 is 5.32 Å². The van der Waals surface area contributed by atoms with Crippen molar-refractivity contribution in [3.8, 4) is 0 Å². The lowest BCUT2D eigenvalue weighted by molar-refractivity contribution is 0.0949. The molecule has 4 nitrogen and oxygen atoms in total. The van der Waals surface area contributed by atoms with E-state index in [9.17, 15) is 4.79 Å². The molecule has 1 aromatic carbocycles. The monoisotopic (exact) mass is 291 g/mol. The molecule has 0 fully saturated rings. The molecule has 2 aromatic rings. The van der Waals surface area contributed by atoms with E-state index in [1.54, 1.807) is 18.3 Å². The molecule has 1 N–H and O–H groups in total. The van der Waals surface area contributed by atoms with E-state index in [1.165, 1.54) is 0 Å². The zero-order valence-electron chi connectivity index (χ0n) is 8.93. The number of rotatable bonds is 3. The van der Waals surface area contributed by atoms with Gasteiger partial charge in [-0.2, -0.15) is 10.2 Å². The fourth-order valence-corrected chi connectivity index (χ4v) is 1.80. The van der Waals surface area contributed by atoms with Gasteiger partial charge in [0.25, 0.3) is 5.91 Å².